The van der Waals surface area contributed by atoms with Gasteiger partial charge in [-0.15, -0.1) is 0 Å². The van der Waals surface area contributed by atoms with Gasteiger partial charge in [-0.1, -0.05) is 13.0 Å². The molecular weight excluding hydrogens is 240 g/mol. The van der Waals surface area contributed by atoms with Crippen molar-refractivity contribution < 1.29 is 9.59 Å². The molecule has 1 aromatic rings. The molecule has 0 aromatic heterocycles. The molecular formula is C15H18N2O2. The second-order valence-electron chi connectivity index (χ2n) is 5.21. The van der Waals surface area contributed by atoms with E-state index in [9.17, 15) is 9.59 Å². The van der Waals surface area contributed by atoms with Crippen LogP contribution < -0.4 is 10.2 Å². The van der Waals surface area contributed by atoms with E-state index >= 15 is 0 Å². The maximum absolute atomic E-state index is 12.1. The van der Waals surface area contributed by atoms with Crippen LogP contribution in [0.3, 0.4) is 0 Å². The van der Waals surface area contributed by atoms with Gasteiger partial charge in [-0.25, -0.2) is 0 Å². The Labute approximate surface area is 112 Å². The summed E-state index contributed by atoms with van der Waals surface area (Å²) in [5.74, 6) is -0.0769. The highest BCUT2D eigenvalue weighted by Crippen LogP contribution is 2.29. The summed E-state index contributed by atoms with van der Waals surface area (Å²) in [5.41, 5.74) is 3.57. The van der Waals surface area contributed by atoms with Gasteiger partial charge in [-0.05, 0) is 48.9 Å². The first kappa shape index (κ1) is 12.2. The predicted octanol–water partition coefficient (Wildman–Crippen LogP) is 1.42. The van der Waals surface area contributed by atoms with Crippen LogP contribution in [0.15, 0.2) is 18.2 Å². The molecule has 4 nitrogen and oxygen atoms in total. The number of carbonyl (C=O) groups is 2. The first-order valence-electron chi connectivity index (χ1n) is 6.92. The Balaban J connectivity index is 1.98. The fourth-order valence-electron chi connectivity index (χ4n) is 3.06. The molecule has 1 aliphatic heterocycles. The van der Waals surface area contributed by atoms with Crippen LogP contribution in [0, 0.1) is 0 Å². The number of benzene rings is 1. The van der Waals surface area contributed by atoms with Crippen LogP contribution in [0.25, 0.3) is 0 Å². The van der Waals surface area contributed by atoms with Gasteiger partial charge in [0.15, 0.2) is 0 Å². The molecule has 1 saturated heterocycles. The second-order valence-corrected chi connectivity index (χ2v) is 5.21. The van der Waals surface area contributed by atoms with Gasteiger partial charge in [0.05, 0.1) is 6.54 Å². The molecule has 3 rings (SSSR count). The lowest BCUT2D eigenvalue weighted by Crippen LogP contribution is -2.58. The van der Waals surface area contributed by atoms with Crippen molar-refractivity contribution in [1.82, 2.24) is 5.32 Å². The van der Waals surface area contributed by atoms with E-state index in [1.54, 1.807) is 4.90 Å². The third-order valence-corrected chi connectivity index (χ3v) is 4.04. The van der Waals surface area contributed by atoms with Crippen LogP contribution in [-0.4, -0.2) is 24.4 Å². The van der Waals surface area contributed by atoms with E-state index in [1.807, 2.05) is 13.0 Å². The molecule has 0 saturated carbocycles. The summed E-state index contributed by atoms with van der Waals surface area (Å²) >= 11 is 0. The molecule has 1 aromatic carbocycles. The zero-order valence-electron chi connectivity index (χ0n) is 11.1. The lowest BCUT2D eigenvalue weighted by Gasteiger charge is -2.34. The highest BCUT2D eigenvalue weighted by molar-refractivity contribution is 6.06. The number of anilines is 1. The van der Waals surface area contributed by atoms with E-state index < -0.39 is 0 Å². The summed E-state index contributed by atoms with van der Waals surface area (Å²) in [6.45, 7) is 2.04. The average Bonchev–Trinajstić information content (AvgIpc) is 2.88. The van der Waals surface area contributed by atoms with E-state index in [4.69, 9.17) is 0 Å². The number of nitrogens with one attached hydrogen (secondary N) is 1. The average molecular weight is 258 g/mol. The van der Waals surface area contributed by atoms with Crippen LogP contribution in [-0.2, 0) is 22.4 Å². The molecule has 2 aliphatic rings. The number of fused-ring (bicyclic) bond motifs is 1. The van der Waals surface area contributed by atoms with Gasteiger partial charge >= 0.3 is 0 Å². The Kier molecular flexibility index (Phi) is 3.01. The molecule has 0 bridgehead atoms. The Morgan fingerprint density at radius 2 is 2.05 bits per heavy atom. The maximum atomic E-state index is 12.1. The topological polar surface area (TPSA) is 49.4 Å². The third kappa shape index (κ3) is 2.01. The van der Waals surface area contributed by atoms with E-state index in [-0.39, 0.29) is 24.4 Å². The first-order chi connectivity index (χ1) is 9.20. The number of carbonyl (C=O) groups excluding carboxylic acids is 2. The van der Waals surface area contributed by atoms with Crippen LogP contribution in [0.4, 0.5) is 5.69 Å². The summed E-state index contributed by atoms with van der Waals surface area (Å²) < 4.78 is 0. The van der Waals surface area contributed by atoms with Crippen molar-refractivity contribution in [3.05, 3.63) is 29.3 Å². The highest BCUT2D eigenvalue weighted by atomic mass is 16.2. The van der Waals surface area contributed by atoms with E-state index in [2.05, 4.69) is 17.4 Å². The smallest absolute Gasteiger partial charge is 0.247 e. The molecule has 1 N–H and O–H groups in total. The summed E-state index contributed by atoms with van der Waals surface area (Å²) in [6.07, 6.45) is 4.02. The number of piperazine rings is 1. The van der Waals surface area contributed by atoms with Crippen molar-refractivity contribution in [2.75, 3.05) is 11.4 Å². The fraction of sp³-hybridized carbons (Fsp3) is 0.467. The Morgan fingerprint density at radius 1 is 1.26 bits per heavy atom. The Hall–Kier alpha value is -1.84. The molecule has 2 amide bonds. The van der Waals surface area contributed by atoms with Gasteiger partial charge in [-0.3, -0.25) is 14.5 Å². The molecule has 4 heteroatoms. The molecule has 0 spiro atoms. The maximum Gasteiger partial charge on any atom is 0.247 e. The minimum absolute atomic E-state index is 0.0237. The van der Waals surface area contributed by atoms with Crippen LogP contribution in [0.5, 0.6) is 0 Å². The molecule has 100 valence electrons. The van der Waals surface area contributed by atoms with Gasteiger partial charge in [0.1, 0.15) is 6.04 Å². The minimum Gasteiger partial charge on any atom is -0.345 e. The summed E-state index contributed by atoms with van der Waals surface area (Å²) in [4.78, 5) is 25.7. The molecule has 1 aliphatic carbocycles. The van der Waals surface area contributed by atoms with Crippen LogP contribution >= 0.6 is 0 Å². The van der Waals surface area contributed by atoms with Crippen molar-refractivity contribution in [3.8, 4) is 0 Å². The highest BCUT2D eigenvalue weighted by Gasteiger charge is 2.34. The first-order valence-corrected chi connectivity index (χ1v) is 6.92. The quantitative estimate of drug-likeness (QED) is 0.872. The number of amides is 2. The van der Waals surface area contributed by atoms with Crippen LogP contribution in [0.2, 0.25) is 0 Å². The summed E-state index contributed by atoms with van der Waals surface area (Å²) in [6, 6.07) is 5.79. The predicted molar refractivity (Wildman–Crippen MR) is 73.0 cm³/mol. The largest absolute Gasteiger partial charge is 0.345 e. The molecule has 1 atom stereocenters. The van der Waals surface area contributed by atoms with Crippen LogP contribution in [0.1, 0.15) is 30.9 Å². The van der Waals surface area contributed by atoms with Crippen molar-refractivity contribution >= 4 is 17.5 Å². The van der Waals surface area contributed by atoms with Gasteiger partial charge in [0.25, 0.3) is 0 Å². The van der Waals surface area contributed by atoms with Gasteiger partial charge in [0, 0.05) is 5.69 Å². The second kappa shape index (κ2) is 4.68. The molecule has 1 fully saturated rings. The molecule has 1 heterocycles. The number of rotatable bonds is 2. The fourth-order valence-corrected chi connectivity index (χ4v) is 3.06. The summed E-state index contributed by atoms with van der Waals surface area (Å²) in [5, 5.41) is 2.65. The van der Waals surface area contributed by atoms with Crippen molar-refractivity contribution in [3.63, 3.8) is 0 Å². The third-order valence-electron chi connectivity index (χ3n) is 4.04. The monoisotopic (exact) mass is 258 g/mol. The zero-order valence-corrected chi connectivity index (χ0v) is 11.1. The lowest BCUT2D eigenvalue weighted by atomic mass is 10.0. The Bertz CT molecular complexity index is 539. The van der Waals surface area contributed by atoms with Crippen molar-refractivity contribution in [2.24, 2.45) is 0 Å². The minimum atomic E-state index is -0.374. The van der Waals surface area contributed by atoms with E-state index in [0.29, 0.717) is 6.42 Å². The zero-order chi connectivity index (χ0) is 13.4. The number of hydrogen-bond donors (Lipinski definition) is 1. The molecule has 1 unspecified atom stereocenters. The van der Waals surface area contributed by atoms with Crippen molar-refractivity contribution in [2.45, 2.75) is 38.6 Å². The van der Waals surface area contributed by atoms with Gasteiger partial charge in [-0.2, -0.15) is 0 Å². The number of aryl methyl sites for hydroxylation is 2. The van der Waals surface area contributed by atoms with Gasteiger partial charge in [0.2, 0.25) is 11.8 Å². The van der Waals surface area contributed by atoms with Gasteiger partial charge < -0.3 is 5.32 Å². The molecule has 0 radical (unpaired) electrons. The van der Waals surface area contributed by atoms with E-state index in [1.165, 1.54) is 17.5 Å². The SMILES string of the molecule is CCC1C(=O)NCC(=O)N1c1ccc2c(c1)CCC2. The molecule has 19 heavy (non-hydrogen) atoms. The normalized spacial score (nSPS) is 22.4. The number of hydrogen-bond acceptors (Lipinski definition) is 2. The standard InChI is InChI=1S/C15H18N2O2/c1-2-13-15(19)16-9-14(18)17(13)12-7-6-10-4-3-5-11(10)8-12/h6-8,13H,2-5,9H2,1H3,(H,16,19). The lowest BCUT2D eigenvalue weighted by molar-refractivity contribution is -0.131. The van der Waals surface area contributed by atoms with Crippen molar-refractivity contribution in [1.29, 1.82) is 0 Å². The van der Waals surface area contributed by atoms with E-state index in [0.717, 1.165) is 18.5 Å². The Morgan fingerprint density at radius 3 is 2.84 bits per heavy atom. The number of nitrogens with zero attached hydrogens (tertiary/aromatic N) is 1. The summed E-state index contributed by atoms with van der Waals surface area (Å²) in [7, 11) is 0.